The summed E-state index contributed by atoms with van der Waals surface area (Å²) in [5, 5.41) is 3.25. The first kappa shape index (κ1) is 20.3. The van der Waals surface area contributed by atoms with Gasteiger partial charge in [-0.1, -0.05) is 72.8 Å². The highest BCUT2D eigenvalue weighted by Crippen LogP contribution is 2.20. The maximum atomic E-state index is 13.0. The molecular formula is C26H29N2O2+. The summed E-state index contributed by atoms with van der Waals surface area (Å²) in [6.07, 6.45) is 0. The Labute approximate surface area is 178 Å². The van der Waals surface area contributed by atoms with Crippen molar-refractivity contribution in [2.45, 2.75) is 19.0 Å². The minimum Gasteiger partial charge on any atom is -0.370 e. The van der Waals surface area contributed by atoms with Crippen LogP contribution in [0.15, 0.2) is 84.9 Å². The van der Waals surface area contributed by atoms with E-state index in [2.05, 4.69) is 48.6 Å². The lowest BCUT2D eigenvalue weighted by Crippen LogP contribution is -3.15. The molecule has 3 aromatic rings. The number of hydrogen-bond acceptors (Lipinski definition) is 2. The third-order valence-electron chi connectivity index (χ3n) is 5.85. The highest BCUT2D eigenvalue weighted by atomic mass is 16.5. The standard InChI is InChI=1S/C26H28N2O2/c1-20(25(23-10-6-3-7-11-23)28-16-18-30-19-17-28)27-26(29)24-14-12-22(13-15-24)21-8-4-2-5-9-21/h2-15,20,25H,16-19H2,1H3,(H,27,29)/p+1/t20-,25+/m1/s1. The van der Waals surface area contributed by atoms with E-state index < -0.39 is 0 Å². The molecule has 1 aliphatic rings. The van der Waals surface area contributed by atoms with Crippen molar-refractivity contribution in [1.82, 2.24) is 5.32 Å². The van der Waals surface area contributed by atoms with Gasteiger partial charge in [-0.15, -0.1) is 0 Å². The van der Waals surface area contributed by atoms with Gasteiger partial charge in [-0.2, -0.15) is 0 Å². The number of amides is 1. The van der Waals surface area contributed by atoms with Gasteiger partial charge in [0.25, 0.3) is 5.91 Å². The number of rotatable bonds is 6. The van der Waals surface area contributed by atoms with Crippen LogP contribution in [0.3, 0.4) is 0 Å². The fourth-order valence-corrected chi connectivity index (χ4v) is 4.30. The predicted octanol–water partition coefficient (Wildman–Crippen LogP) is 3.13. The Balaban J connectivity index is 1.49. The minimum absolute atomic E-state index is 0.00167. The molecular weight excluding hydrogens is 372 g/mol. The van der Waals surface area contributed by atoms with Crippen molar-refractivity contribution in [3.05, 3.63) is 96.1 Å². The van der Waals surface area contributed by atoms with Gasteiger partial charge in [0, 0.05) is 11.1 Å². The number of nitrogens with one attached hydrogen (secondary N) is 2. The molecule has 1 amide bonds. The highest BCUT2D eigenvalue weighted by molar-refractivity contribution is 5.94. The van der Waals surface area contributed by atoms with Gasteiger partial charge in [-0.25, -0.2) is 0 Å². The van der Waals surface area contributed by atoms with Crippen LogP contribution in [0.1, 0.15) is 28.9 Å². The minimum atomic E-state index is -0.0318. The topological polar surface area (TPSA) is 42.8 Å². The monoisotopic (exact) mass is 401 g/mol. The summed E-state index contributed by atoms with van der Waals surface area (Å²) in [4.78, 5) is 14.4. The molecule has 154 valence electrons. The lowest BCUT2D eigenvalue weighted by atomic mass is 9.97. The molecule has 1 saturated heterocycles. The van der Waals surface area contributed by atoms with Crippen LogP contribution in [0.2, 0.25) is 0 Å². The first-order valence-electron chi connectivity index (χ1n) is 10.7. The largest absolute Gasteiger partial charge is 0.370 e. The lowest BCUT2D eigenvalue weighted by molar-refractivity contribution is -0.940. The molecule has 1 aliphatic heterocycles. The first-order chi connectivity index (χ1) is 14.7. The molecule has 0 bridgehead atoms. The molecule has 0 unspecified atom stereocenters. The quantitative estimate of drug-likeness (QED) is 0.667. The molecule has 30 heavy (non-hydrogen) atoms. The number of carbonyl (C=O) groups excluding carboxylic acids is 1. The average Bonchev–Trinajstić information content (AvgIpc) is 2.81. The summed E-state index contributed by atoms with van der Waals surface area (Å²) in [7, 11) is 0. The van der Waals surface area contributed by atoms with E-state index in [9.17, 15) is 4.79 Å². The number of benzene rings is 3. The van der Waals surface area contributed by atoms with E-state index in [0.29, 0.717) is 5.56 Å². The van der Waals surface area contributed by atoms with Crippen LogP contribution in [0.4, 0.5) is 0 Å². The van der Waals surface area contributed by atoms with E-state index >= 15 is 0 Å². The normalized spacial score (nSPS) is 16.6. The molecule has 0 saturated carbocycles. The third kappa shape index (κ3) is 4.78. The summed E-state index contributed by atoms with van der Waals surface area (Å²) in [6, 6.07) is 28.7. The third-order valence-corrected chi connectivity index (χ3v) is 5.85. The molecule has 0 aromatic heterocycles. The Morgan fingerprint density at radius 2 is 1.40 bits per heavy atom. The zero-order valence-corrected chi connectivity index (χ0v) is 17.4. The van der Waals surface area contributed by atoms with Crippen LogP contribution in [0, 0.1) is 0 Å². The molecule has 1 fully saturated rings. The average molecular weight is 402 g/mol. The summed E-state index contributed by atoms with van der Waals surface area (Å²) in [5.74, 6) is -0.0318. The molecule has 4 nitrogen and oxygen atoms in total. The highest BCUT2D eigenvalue weighted by Gasteiger charge is 2.32. The molecule has 2 atom stereocenters. The Bertz CT molecular complexity index is 936. The number of carbonyl (C=O) groups is 1. The first-order valence-corrected chi connectivity index (χ1v) is 10.7. The SMILES string of the molecule is C[C@@H](NC(=O)c1ccc(-c2ccccc2)cc1)[C@@H](c1ccccc1)[NH+]1CCOCC1. The number of morpholine rings is 1. The maximum Gasteiger partial charge on any atom is 0.251 e. The molecule has 4 heteroatoms. The van der Waals surface area contributed by atoms with Crippen molar-refractivity contribution < 1.29 is 14.4 Å². The summed E-state index contributed by atoms with van der Waals surface area (Å²) in [6.45, 7) is 5.54. The van der Waals surface area contributed by atoms with Crippen LogP contribution in [0.25, 0.3) is 11.1 Å². The Morgan fingerprint density at radius 1 is 0.833 bits per heavy atom. The molecule has 0 spiro atoms. The van der Waals surface area contributed by atoms with E-state index in [0.717, 1.165) is 37.4 Å². The molecule has 0 radical (unpaired) electrons. The van der Waals surface area contributed by atoms with E-state index in [1.807, 2.05) is 48.5 Å². The maximum absolute atomic E-state index is 13.0. The van der Waals surface area contributed by atoms with Gasteiger partial charge < -0.3 is 15.0 Å². The second-order valence-electron chi connectivity index (χ2n) is 7.86. The molecule has 4 rings (SSSR count). The van der Waals surface area contributed by atoms with Crippen molar-refractivity contribution >= 4 is 5.91 Å². The van der Waals surface area contributed by atoms with Gasteiger partial charge in [0.1, 0.15) is 19.1 Å². The summed E-state index contributed by atoms with van der Waals surface area (Å²) in [5.41, 5.74) is 4.20. The fraction of sp³-hybridized carbons (Fsp3) is 0.269. The number of hydrogen-bond donors (Lipinski definition) is 2. The van der Waals surface area contributed by atoms with Gasteiger partial charge in [0.05, 0.1) is 19.3 Å². The summed E-state index contributed by atoms with van der Waals surface area (Å²) < 4.78 is 5.56. The van der Waals surface area contributed by atoms with E-state index in [-0.39, 0.29) is 18.0 Å². The number of quaternary nitrogens is 1. The molecule has 0 aliphatic carbocycles. The molecule has 1 heterocycles. The lowest BCUT2D eigenvalue weighted by Gasteiger charge is -2.35. The summed E-state index contributed by atoms with van der Waals surface area (Å²) >= 11 is 0. The van der Waals surface area contributed by atoms with E-state index in [4.69, 9.17) is 4.74 Å². The number of ether oxygens (including phenoxy) is 1. The smallest absolute Gasteiger partial charge is 0.251 e. The van der Waals surface area contributed by atoms with Crippen LogP contribution in [-0.4, -0.2) is 38.3 Å². The van der Waals surface area contributed by atoms with Crippen LogP contribution < -0.4 is 10.2 Å². The van der Waals surface area contributed by atoms with Crippen molar-refractivity contribution in [1.29, 1.82) is 0 Å². The van der Waals surface area contributed by atoms with Gasteiger partial charge in [-0.3, -0.25) is 4.79 Å². The van der Waals surface area contributed by atoms with Crippen LogP contribution in [0.5, 0.6) is 0 Å². The predicted molar refractivity (Wildman–Crippen MR) is 120 cm³/mol. The van der Waals surface area contributed by atoms with Gasteiger partial charge in [-0.05, 0) is 30.2 Å². The zero-order valence-electron chi connectivity index (χ0n) is 17.4. The van der Waals surface area contributed by atoms with Gasteiger partial charge in [0.15, 0.2) is 0 Å². The zero-order chi connectivity index (χ0) is 20.8. The Hall–Kier alpha value is -2.95. The van der Waals surface area contributed by atoms with Gasteiger partial charge >= 0.3 is 0 Å². The molecule has 3 aromatic carbocycles. The second kappa shape index (κ2) is 9.70. The van der Waals surface area contributed by atoms with Crippen LogP contribution in [-0.2, 0) is 4.74 Å². The van der Waals surface area contributed by atoms with Crippen molar-refractivity contribution in [2.75, 3.05) is 26.3 Å². The second-order valence-corrected chi connectivity index (χ2v) is 7.86. The fourth-order valence-electron chi connectivity index (χ4n) is 4.30. The van der Waals surface area contributed by atoms with Crippen LogP contribution >= 0.6 is 0 Å². The van der Waals surface area contributed by atoms with Crippen molar-refractivity contribution in [3.8, 4) is 11.1 Å². The van der Waals surface area contributed by atoms with Gasteiger partial charge in [0.2, 0.25) is 0 Å². The van der Waals surface area contributed by atoms with Crippen molar-refractivity contribution in [3.63, 3.8) is 0 Å². The Morgan fingerprint density at radius 3 is 2.03 bits per heavy atom. The van der Waals surface area contributed by atoms with E-state index in [1.165, 1.54) is 10.5 Å². The van der Waals surface area contributed by atoms with E-state index in [1.54, 1.807) is 0 Å². The Kier molecular flexibility index (Phi) is 6.57. The van der Waals surface area contributed by atoms with Crippen molar-refractivity contribution in [2.24, 2.45) is 0 Å². The molecule has 2 N–H and O–H groups in total.